The van der Waals surface area contributed by atoms with Crippen LogP contribution in [0.15, 0.2) is 34.1 Å². The largest absolute Gasteiger partial charge is 0.464 e. The zero-order valence-corrected chi connectivity index (χ0v) is 14.4. The van der Waals surface area contributed by atoms with Gasteiger partial charge in [-0.25, -0.2) is 0 Å². The minimum Gasteiger partial charge on any atom is -0.464 e. The van der Waals surface area contributed by atoms with Gasteiger partial charge in [0.1, 0.15) is 23.5 Å². The molecule has 3 rings (SSSR count). The van der Waals surface area contributed by atoms with Crippen LogP contribution in [0, 0.1) is 12.8 Å². The summed E-state index contributed by atoms with van der Waals surface area (Å²) in [5.74, 6) is -2.25. The van der Waals surface area contributed by atoms with Crippen molar-refractivity contribution in [1.82, 2.24) is 10.6 Å². The van der Waals surface area contributed by atoms with E-state index in [0.29, 0.717) is 5.76 Å². The van der Waals surface area contributed by atoms with Crippen LogP contribution in [-0.2, 0) is 0 Å². The van der Waals surface area contributed by atoms with Crippen LogP contribution in [0.25, 0.3) is 0 Å². The van der Waals surface area contributed by atoms with Gasteiger partial charge < -0.3 is 20.2 Å². The molecule has 1 aliphatic rings. The number of carbonyl (C=O) groups excluding carboxylic acids is 1. The van der Waals surface area contributed by atoms with Crippen molar-refractivity contribution in [1.29, 1.82) is 0 Å². The van der Waals surface area contributed by atoms with Crippen molar-refractivity contribution >= 4 is 34.5 Å². The van der Waals surface area contributed by atoms with Gasteiger partial charge in [0.2, 0.25) is 5.72 Å². The van der Waals surface area contributed by atoms with Crippen molar-refractivity contribution in [3.63, 3.8) is 0 Å². The van der Waals surface area contributed by atoms with E-state index in [0.717, 1.165) is 11.3 Å². The quantitative estimate of drug-likeness (QED) is 0.553. The summed E-state index contributed by atoms with van der Waals surface area (Å²) in [6.45, 7) is 1.62. The van der Waals surface area contributed by atoms with Crippen LogP contribution in [0.1, 0.15) is 27.2 Å². The van der Waals surface area contributed by atoms with Gasteiger partial charge in [0.15, 0.2) is 10.9 Å². The number of hydrogen-bond donors (Lipinski definition) is 3. The van der Waals surface area contributed by atoms with Crippen LogP contribution in [0.3, 0.4) is 0 Å². The van der Waals surface area contributed by atoms with Crippen molar-refractivity contribution in [2.75, 3.05) is 0 Å². The molecule has 1 aliphatic heterocycles. The van der Waals surface area contributed by atoms with Gasteiger partial charge in [0.25, 0.3) is 0 Å². The fourth-order valence-corrected chi connectivity index (χ4v) is 3.76. The van der Waals surface area contributed by atoms with Gasteiger partial charge in [-0.05, 0) is 42.7 Å². The molecule has 1 fully saturated rings. The van der Waals surface area contributed by atoms with Crippen molar-refractivity contribution < 1.29 is 27.5 Å². The normalized spacial score (nSPS) is 26.8. The first-order valence-corrected chi connectivity index (χ1v) is 8.44. The van der Waals surface area contributed by atoms with Crippen molar-refractivity contribution in [2.24, 2.45) is 5.92 Å². The first-order chi connectivity index (χ1) is 11.6. The zero-order chi connectivity index (χ0) is 18.4. The maximum absolute atomic E-state index is 13.7. The summed E-state index contributed by atoms with van der Waals surface area (Å²) in [7, 11) is 0. The van der Waals surface area contributed by atoms with Gasteiger partial charge in [-0.2, -0.15) is 13.2 Å². The predicted molar refractivity (Wildman–Crippen MR) is 88.2 cm³/mol. The molecule has 3 atom stereocenters. The second-order valence-electron chi connectivity index (χ2n) is 5.61. The third kappa shape index (κ3) is 3.05. The Morgan fingerprint density at radius 1 is 1.40 bits per heavy atom. The Morgan fingerprint density at radius 3 is 2.64 bits per heavy atom. The summed E-state index contributed by atoms with van der Waals surface area (Å²) in [4.78, 5) is 12.9. The highest BCUT2D eigenvalue weighted by atomic mass is 32.1. The van der Waals surface area contributed by atoms with Gasteiger partial charge in [-0.15, -0.1) is 11.3 Å². The Balaban J connectivity index is 2.14. The summed E-state index contributed by atoms with van der Waals surface area (Å²) in [5, 5.41) is 16.0. The number of thiocarbonyl (C=S) groups is 1. The smallest absolute Gasteiger partial charge is 0.437 e. The molecular weight excluding hydrogens is 377 g/mol. The molecular formula is C15H13F3N2O3S2. The van der Waals surface area contributed by atoms with Gasteiger partial charge in [0.05, 0.1) is 4.88 Å². The molecule has 2 aromatic heterocycles. The summed E-state index contributed by atoms with van der Waals surface area (Å²) >= 11 is 5.81. The molecule has 3 heterocycles. The fourth-order valence-electron chi connectivity index (χ4n) is 2.77. The Kier molecular flexibility index (Phi) is 4.38. The minimum absolute atomic E-state index is 0.0823. The highest BCUT2D eigenvalue weighted by Gasteiger charge is 2.66. The highest BCUT2D eigenvalue weighted by Crippen LogP contribution is 2.44. The zero-order valence-electron chi connectivity index (χ0n) is 12.8. The Labute approximate surface area is 149 Å². The van der Waals surface area contributed by atoms with E-state index in [9.17, 15) is 23.1 Å². The summed E-state index contributed by atoms with van der Waals surface area (Å²) in [6.07, 6.45) is -5.14. The Bertz CT molecular complexity index is 803. The number of nitrogens with one attached hydrogen (secondary N) is 2. The van der Waals surface area contributed by atoms with Crippen LogP contribution < -0.4 is 10.6 Å². The Hall–Kier alpha value is -1.91. The lowest BCUT2D eigenvalue weighted by molar-refractivity contribution is -0.286. The number of aryl methyl sites for hydroxylation is 1. The molecule has 0 aliphatic carbocycles. The standard InChI is InChI=1S/C15H13F3N2O3S2/c1-7-4-5-8(23-7)11-10(12(21)9-3-2-6-25-9)14(22,15(16,17)18)20-13(24)19-11/h2-6,10-11,22H,1H3,(H2,19,20,24)/t10-,11-,14+/m0/s1. The number of hydrogen-bond acceptors (Lipinski definition) is 5. The first kappa shape index (κ1) is 17.9. The van der Waals surface area contributed by atoms with E-state index >= 15 is 0 Å². The third-order valence-electron chi connectivity index (χ3n) is 3.92. The molecule has 3 N–H and O–H groups in total. The van der Waals surface area contributed by atoms with Gasteiger partial charge in [-0.3, -0.25) is 4.79 Å². The van der Waals surface area contributed by atoms with Crippen molar-refractivity contribution in [3.05, 3.63) is 46.0 Å². The van der Waals surface area contributed by atoms with Gasteiger partial charge in [-0.1, -0.05) is 6.07 Å². The van der Waals surface area contributed by atoms with E-state index in [2.05, 4.69) is 5.32 Å². The number of ketones is 1. The molecule has 0 spiro atoms. The summed E-state index contributed by atoms with van der Waals surface area (Å²) in [5.41, 5.74) is -3.53. The molecule has 0 saturated carbocycles. The number of halogens is 3. The lowest BCUT2D eigenvalue weighted by atomic mass is 9.80. The van der Waals surface area contributed by atoms with Gasteiger partial charge in [0, 0.05) is 0 Å². The predicted octanol–water partition coefficient (Wildman–Crippen LogP) is 2.92. The number of rotatable bonds is 3. The minimum atomic E-state index is -5.14. The molecule has 0 unspecified atom stereocenters. The van der Waals surface area contributed by atoms with Crippen LogP contribution in [0.2, 0.25) is 0 Å². The van der Waals surface area contributed by atoms with E-state index in [1.165, 1.54) is 12.1 Å². The number of Topliss-reactive ketones (excluding diaryl/α,β-unsaturated/α-hetero) is 1. The van der Waals surface area contributed by atoms with Crippen LogP contribution >= 0.6 is 23.6 Å². The fraction of sp³-hybridized carbons (Fsp3) is 0.333. The number of aliphatic hydroxyl groups is 1. The summed E-state index contributed by atoms with van der Waals surface area (Å²) in [6, 6.07) is 4.68. The lowest BCUT2D eigenvalue weighted by Gasteiger charge is -2.45. The molecule has 1 saturated heterocycles. The van der Waals surface area contributed by atoms with Gasteiger partial charge >= 0.3 is 6.18 Å². The average Bonchev–Trinajstić information content (AvgIpc) is 3.16. The number of carbonyl (C=O) groups is 1. The topological polar surface area (TPSA) is 74.5 Å². The van der Waals surface area contributed by atoms with Crippen molar-refractivity contribution in [2.45, 2.75) is 24.9 Å². The van der Waals surface area contributed by atoms with E-state index in [4.69, 9.17) is 16.6 Å². The van der Waals surface area contributed by atoms with E-state index in [1.54, 1.807) is 24.4 Å². The number of furan rings is 1. The van der Waals surface area contributed by atoms with Crippen LogP contribution in [-0.4, -0.2) is 27.9 Å². The van der Waals surface area contributed by atoms with Crippen LogP contribution in [0.4, 0.5) is 13.2 Å². The summed E-state index contributed by atoms with van der Waals surface area (Å²) < 4.78 is 46.4. The van der Waals surface area contributed by atoms with Crippen molar-refractivity contribution in [3.8, 4) is 0 Å². The molecule has 2 aromatic rings. The second-order valence-corrected chi connectivity index (χ2v) is 6.96. The molecule has 25 heavy (non-hydrogen) atoms. The number of thiophene rings is 1. The number of alkyl halides is 3. The van der Waals surface area contributed by atoms with E-state index in [1.807, 2.05) is 5.32 Å². The van der Waals surface area contributed by atoms with E-state index < -0.39 is 34.8 Å². The molecule has 0 radical (unpaired) electrons. The molecule has 134 valence electrons. The maximum Gasteiger partial charge on any atom is 0.437 e. The third-order valence-corrected chi connectivity index (χ3v) is 5.02. The molecule has 5 nitrogen and oxygen atoms in total. The van der Waals surface area contributed by atoms with E-state index in [-0.39, 0.29) is 10.6 Å². The molecule has 0 bridgehead atoms. The molecule has 0 aromatic carbocycles. The maximum atomic E-state index is 13.7. The monoisotopic (exact) mass is 390 g/mol. The first-order valence-electron chi connectivity index (χ1n) is 7.15. The highest BCUT2D eigenvalue weighted by molar-refractivity contribution is 7.80. The lowest BCUT2D eigenvalue weighted by Crippen LogP contribution is -2.72. The molecule has 10 heteroatoms. The average molecular weight is 390 g/mol. The van der Waals surface area contributed by atoms with Crippen LogP contribution in [0.5, 0.6) is 0 Å². The SMILES string of the molecule is Cc1ccc([C@@H]2NC(=S)N[C@](O)(C(F)(F)F)[C@@H]2C(=O)c2cccs2)o1. The Morgan fingerprint density at radius 2 is 2.12 bits per heavy atom. The molecule has 0 amide bonds. The second kappa shape index (κ2) is 6.11.